The minimum absolute atomic E-state index is 0.218. The Morgan fingerprint density at radius 1 is 1.42 bits per heavy atom. The quantitative estimate of drug-likeness (QED) is 0.766. The number of aryl methyl sites for hydroxylation is 1. The number of anilines is 1. The molecular weight excluding hydrogens is 262 g/mol. The van der Waals surface area contributed by atoms with Crippen LogP contribution in [0.15, 0.2) is 24.3 Å². The van der Waals surface area contributed by atoms with Crippen molar-refractivity contribution >= 4 is 34.2 Å². The second-order valence-corrected chi connectivity index (χ2v) is 4.73. The number of amides is 1. The van der Waals surface area contributed by atoms with Gasteiger partial charge in [0.05, 0.1) is 11.2 Å². The molecule has 0 unspecified atom stereocenters. The number of para-hydroxylation sites is 1. The zero-order valence-electron chi connectivity index (χ0n) is 10.2. The number of nitrogens with zero attached hydrogens (tertiary/aromatic N) is 3. The van der Waals surface area contributed by atoms with Crippen LogP contribution in [-0.2, 0) is 6.42 Å². The number of benzene rings is 1. The van der Waals surface area contributed by atoms with Gasteiger partial charge in [0, 0.05) is 5.39 Å². The number of hydrogen-bond donors (Lipinski definition) is 2. The molecule has 2 N–H and O–H groups in total. The number of carbonyl (C=O) groups excluding carboxylic acids is 1. The number of aromatic nitrogens is 4. The number of fused-ring (bicyclic) bond motifs is 1. The van der Waals surface area contributed by atoms with Crippen molar-refractivity contribution in [3.05, 3.63) is 34.8 Å². The van der Waals surface area contributed by atoms with E-state index in [0.717, 1.165) is 22.4 Å². The molecule has 3 rings (SSSR count). The largest absolute Gasteiger partial charge is 0.304 e. The zero-order chi connectivity index (χ0) is 13.2. The minimum atomic E-state index is -0.218. The summed E-state index contributed by atoms with van der Waals surface area (Å²) in [4.78, 5) is 12.7. The first-order valence-electron chi connectivity index (χ1n) is 5.85. The molecule has 0 saturated heterocycles. The first kappa shape index (κ1) is 11.8. The summed E-state index contributed by atoms with van der Waals surface area (Å²) in [6.45, 7) is 1.94. The van der Waals surface area contributed by atoms with Crippen molar-refractivity contribution in [1.29, 1.82) is 0 Å². The molecule has 0 atom stereocenters. The highest BCUT2D eigenvalue weighted by atomic mass is 32.1. The highest BCUT2D eigenvalue weighted by Crippen LogP contribution is 2.21. The third-order valence-corrected chi connectivity index (χ3v) is 3.57. The molecule has 0 spiro atoms. The molecule has 7 heteroatoms. The monoisotopic (exact) mass is 273 g/mol. The molecule has 0 fully saturated rings. The van der Waals surface area contributed by atoms with E-state index >= 15 is 0 Å². The van der Waals surface area contributed by atoms with Crippen LogP contribution in [-0.4, -0.2) is 25.7 Å². The fourth-order valence-electron chi connectivity index (χ4n) is 1.84. The minimum Gasteiger partial charge on any atom is -0.304 e. The van der Waals surface area contributed by atoms with Crippen molar-refractivity contribution in [3.63, 3.8) is 0 Å². The van der Waals surface area contributed by atoms with Gasteiger partial charge < -0.3 is 5.32 Å². The fraction of sp³-hybridized carbons (Fsp3) is 0.167. The molecule has 19 heavy (non-hydrogen) atoms. The first-order valence-corrected chi connectivity index (χ1v) is 6.62. The second-order valence-electron chi connectivity index (χ2n) is 3.97. The average molecular weight is 273 g/mol. The van der Waals surface area contributed by atoms with Gasteiger partial charge in [-0.15, -0.1) is 5.10 Å². The van der Waals surface area contributed by atoms with Crippen molar-refractivity contribution in [2.75, 3.05) is 5.32 Å². The SMILES string of the molecule is CCc1nnsc1C(=O)Nc1n[nH]c2ccccc12. The van der Waals surface area contributed by atoms with Crippen LogP contribution >= 0.6 is 11.5 Å². The molecule has 2 heterocycles. The molecule has 0 aliphatic rings. The molecular formula is C12H11N5OS. The Balaban J connectivity index is 1.91. The fourth-order valence-corrected chi connectivity index (χ4v) is 2.48. The van der Waals surface area contributed by atoms with Crippen LogP contribution in [0.3, 0.4) is 0 Å². The first-order chi connectivity index (χ1) is 9.29. The van der Waals surface area contributed by atoms with Gasteiger partial charge in [0.2, 0.25) is 0 Å². The van der Waals surface area contributed by atoms with Crippen LogP contribution in [0, 0.1) is 0 Å². The van der Waals surface area contributed by atoms with Gasteiger partial charge in [-0.25, -0.2) is 0 Å². The van der Waals surface area contributed by atoms with Crippen LogP contribution < -0.4 is 5.32 Å². The Kier molecular flexibility index (Phi) is 2.96. The highest BCUT2D eigenvalue weighted by molar-refractivity contribution is 7.08. The molecule has 1 amide bonds. The van der Waals surface area contributed by atoms with Crippen molar-refractivity contribution in [3.8, 4) is 0 Å². The lowest BCUT2D eigenvalue weighted by atomic mass is 10.2. The molecule has 96 valence electrons. The predicted octanol–water partition coefficient (Wildman–Crippen LogP) is 2.23. The summed E-state index contributed by atoms with van der Waals surface area (Å²) in [5.41, 5.74) is 1.60. The van der Waals surface area contributed by atoms with E-state index in [1.54, 1.807) is 0 Å². The van der Waals surface area contributed by atoms with Gasteiger partial charge in [-0.3, -0.25) is 9.89 Å². The molecule has 0 bridgehead atoms. The lowest BCUT2D eigenvalue weighted by Crippen LogP contribution is -2.12. The average Bonchev–Trinajstić information content (AvgIpc) is 3.05. The number of nitrogens with one attached hydrogen (secondary N) is 2. The Hall–Kier alpha value is -2.28. The Morgan fingerprint density at radius 3 is 3.11 bits per heavy atom. The number of H-pyrrole nitrogens is 1. The summed E-state index contributed by atoms with van der Waals surface area (Å²) in [5.74, 6) is 0.306. The molecule has 0 saturated carbocycles. The molecule has 0 aliphatic heterocycles. The van der Waals surface area contributed by atoms with Gasteiger partial charge in [0.1, 0.15) is 4.88 Å². The van der Waals surface area contributed by atoms with Crippen molar-refractivity contribution in [2.24, 2.45) is 0 Å². The van der Waals surface area contributed by atoms with E-state index in [-0.39, 0.29) is 5.91 Å². The molecule has 6 nitrogen and oxygen atoms in total. The molecule has 3 aromatic rings. The van der Waals surface area contributed by atoms with Crippen LogP contribution in [0.25, 0.3) is 10.9 Å². The van der Waals surface area contributed by atoms with Crippen molar-refractivity contribution in [1.82, 2.24) is 19.8 Å². The maximum Gasteiger partial charge on any atom is 0.270 e. The van der Waals surface area contributed by atoms with E-state index in [2.05, 4.69) is 25.1 Å². The number of hydrogen-bond acceptors (Lipinski definition) is 5. The summed E-state index contributed by atoms with van der Waals surface area (Å²) >= 11 is 1.10. The predicted molar refractivity (Wildman–Crippen MR) is 73.3 cm³/mol. The normalized spacial score (nSPS) is 10.8. The third-order valence-electron chi connectivity index (χ3n) is 2.80. The Morgan fingerprint density at radius 2 is 2.26 bits per heavy atom. The van der Waals surface area contributed by atoms with Crippen LogP contribution in [0.2, 0.25) is 0 Å². The second kappa shape index (κ2) is 4.77. The standard InChI is InChI=1S/C12H11N5OS/c1-2-8-10(19-17-15-8)12(18)13-11-7-5-3-4-6-9(7)14-16-11/h3-6H,2H2,1H3,(H2,13,14,16,18). The summed E-state index contributed by atoms with van der Waals surface area (Å²) in [6, 6.07) is 7.62. The van der Waals surface area contributed by atoms with Gasteiger partial charge in [0.15, 0.2) is 5.82 Å². The molecule has 1 aromatic carbocycles. The Labute approximate surface area is 113 Å². The topological polar surface area (TPSA) is 83.6 Å². The van der Waals surface area contributed by atoms with Crippen molar-refractivity contribution < 1.29 is 4.79 Å². The summed E-state index contributed by atoms with van der Waals surface area (Å²) < 4.78 is 3.81. The van der Waals surface area contributed by atoms with E-state index in [4.69, 9.17) is 0 Å². The van der Waals surface area contributed by atoms with Crippen LogP contribution in [0.4, 0.5) is 5.82 Å². The smallest absolute Gasteiger partial charge is 0.270 e. The van der Waals surface area contributed by atoms with E-state index in [0.29, 0.717) is 22.8 Å². The van der Waals surface area contributed by atoms with E-state index in [9.17, 15) is 4.79 Å². The summed E-state index contributed by atoms with van der Waals surface area (Å²) in [7, 11) is 0. The summed E-state index contributed by atoms with van der Waals surface area (Å²) in [5, 5.41) is 14.6. The van der Waals surface area contributed by atoms with Crippen LogP contribution in [0.5, 0.6) is 0 Å². The van der Waals surface area contributed by atoms with E-state index in [1.165, 1.54) is 0 Å². The van der Waals surface area contributed by atoms with Gasteiger partial charge in [-0.05, 0) is 30.1 Å². The number of carbonyl (C=O) groups is 1. The highest BCUT2D eigenvalue weighted by Gasteiger charge is 2.17. The third kappa shape index (κ3) is 2.08. The summed E-state index contributed by atoms with van der Waals surface area (Å²) in [6.07, 6.45) is 0.681. The Bertz CT molecular complexity index is 732. The molecule has 0 radical (unpaired) electrons. The molecule has 2 aromatic heterocycles. The van der Waals surface area contributed by atoms with Crippen molar-refractivity contribution in [2.45, 2.75) is 13.3 Å². The van der Waals surface area contributed by atoms with E-state index in [1.807, 2.05) is 31.2 Å². The van der Waals surface area contributed by atoms with Gasteiger partial charge in [-0.2, -0.15) is 5.10 Å². The maximum atomic E-state index is 12.2. The molecule has 0 aliphatic carbocycles. The lowest BCUT2D eigenvalue weighted by Gasteiger charge is -2.00. The number of aromatic amines is 1. The van der Waals surface area contributed by atoms with Gasteiger partial charge >= 0.3 is 0 Å². The number of rotatable bonds is 3. The van der Waals surface area contributed by atoms with Crippen LogP contribution in [0.1, 0.15) is 22.3 Å². The van der Waals surface area contributed by atoms with Gasteiger partial charge in [0.25, 0.3) is 5.91 Å². The van der Waals surface area contributed by atoms with Gasteiger partial charge in [-0.1, -0.05) is 23.5 Å². The maximum absolute atomic E-state index is 12.2. The van der Waals surface area contributed by atoms with E-state index < -0.39 is 0 Å². The zero-order valence-corrected chi connectivity index (χ0v) is 11.0. The lowest BCUT2D eigenvalue weighted by molar-refractivity contribution is 0.102.